The SMILES string of the molecule is CN(C)CCCC(=O)c1ccc(Br)cc1. The first-order valence-corrected chi connectivity index (χ1v) is 5.82. The number of Topliss-reactive ketones (excluding diaryl/α,β-unsaturated/α-hetero) is 1. The van der Waals surface area contributed by atoms with Gasteiger partial charge in [-0.3, -0.25) is 4.79 Å². The van der Waals surface area contributed by atoms with Crippen LogP contribution < -0.4 is 0 Å². The van der Waals surface area contributed by atoms with Gasteiger partial charge in [0.2, 0.25) is 0 Å². The molecule has 0 atom stereocenters. The molecule has 2 nitrogen and oxygen atoms in total. The van der Waals surface area contributed by atoms with E-state index in [9.17, 15) is 4.79 Å². The van der Waals surface area contributed by atoms with E-state index in [4.69, 9.17) is 0 Å². The number of halogens is 1. The fourth-order valence-electron chi connectivity index (χ4n) is 1.34. The molecule has 1 rings (SSSR count). The lowest BCUT2D eigenvalue weighted by Gasteiger charge is -2.08. The van der Waals surface area contributed by atoms with Crippen molar-refractivity contribution in [2.45, 2.75) is 12.8 Å². The molecule has 3 heteroatoms. The molecule has 0 aliphatic heterocycles. The van der Waals surface area contributed by atoms with Crippen molar-refractivity contribution >= 4 is 21.7 Å². The third-order valence-corrected chi connectivity index (χ3v) is 2.70. The number of rotatable bonds is 5. The number of benzene rings is 1. The van der Waals surface area contributed by atoms with Crippen LogP contribution in [0.1, 0.15) is 23.2 Å². The van der Waals surface area contributed by atoms with E-state index in [1.165, 1.54) is 0 Å². The summed E-state index contributed by atoms with van der Waals surface area (Å²) in [6.07, 6.45) is 1.54. The van der Waals surface area contributed by atoms with Crippen molar-refractivity contribution in [3.05, 3.63) is 34.3 Å². The summed E-state index contributed by atoms with van der Waals surface area (Å²) in [5.74, 6) is 0.226. The molecule has 0 aromatic heterocycles. The summed E-state index contributed by atoms with van der Waals surface area (Å²) in [7, 11) is 4.04. The number of carbonyl (C=O) groups is 1. The molecule has 0 spiro atoms. The number of ketones is 1. The zero-order chi connectivity index (χ0) is 11.3. The molecule has 82 valence electrons. The van der Waals surface area contributed by atoms with Crippen LogP contribution in [0.4, 0.5) is 0 Å². The topological polar surface area (TPSA) is 20.3 Å². The van der Waals surface area contributed by atoms with Gasteiger partial charge in [0.05, 0.1) is 0 Å². The van der Waals surface area contributed by atoms with Crippen molar-refractivity contribution in [2.24, 2.45) is 0 Å². The van der Waals surface area contributed by atoms with E-state index in [1.807, 2.05) is 38.4 Å². The van der Waals surface area contributed by atoms with Crippen LogP contribution in [0.2, 0.25) is 0 Å². The Labute approximate surface area is 99.4 Å². The van der Waals surface area contributed by atoms with Crippen molar-refractivity contribution < 1.29 is 4.79 Å². The largest absolute Gasteiger partial charge is 0.309 e. The lowest BCUT2D eigenvalue weighted by molar-refractivity contribution is 0.0977. The average molecular weight is 270 g/mol. The summed E-state index contributed by atoms with van der Waals surface area (Å²) in [5, 5.41) is 0. The van der Waals surface area contributed by atoms with E-state index in [0.29, 0.717) is 6.42 Å². The Kier molecular flexibility index (Phi) is 4.99. The summed E-state index contributed by atoms with van der Waals surface area (Å²) in [6, 6.07) is 7.53. The third-order valence-electron chi connectivity index (χ3n) is 2.18. The van der Waals surface area contributed by atoms with Gasteiger partial charge in [-0.05, 0) is 39.2 Å². The zero-order valence-electron chi connectivity index (χ0n) is 9.16. The minimum absolute atomic E-state index is 0.226. The fourth-order valence-corrected chi connectivity index (χ4v) is 1.60. The van der Waals surface area contributed by atoms with E-state index in [-0.39, 0.29) is 5.78 Å². The van der Waals surface area contributed by atoms with Gasteiger partial charge in [0.25, 0.3) is 0 Å². The Hall–Kier alpha value is -0.670. The van der Waals surface area contributed by atoms with Gasteiger partial charge >= 0.3 is 0 Å². The Morgan fingerprint density at radius 1 is 1.27 bits per heavy atom. The summed E-state index contributed by atoms with van der Waals surface area (Å²) < 4.78 is 1.01. The molecule has 0 saturated heterocycles. The van der Waals surface area contributed by atoms with Crippen molar-refractivity contribution in [2.75, 3.05) is 20.6 Å². The van der Waals surface area contributed by atoms with Crippen LogP contribution in [-0.4, -0.2) is 31.3 Å². The van der Waals surface area contributed by atoms with Crippen molar-refractivity contribution in [3.63, 3.8) is 0 Å². The van der Waals surface area contributed by atoms with Gasteiger partial charge in [0.1, 0.15) is 0 Å². The Morgan fingerprint density at radius 2 is 1.87 bits per heavy atom. The molecule has 1 aromatic rings. The molecule has 0 radical (unpaired) electrons. The predicted molar refractivity (Wildman–Crippen MR) is 66.3 cm³/mol. The molecule has 0 heterocycles. The van der Waals surface area contributed by atoms with E-state index in [2.05, 4.69) is 20.8 Å². The number of nitrogens with zero attached hydrogens (tertiary/aromatic N) is 1. The molecule has 0 N–H and O–H groups in total. The fraction of sp³-hybridized carbons (Fsp3) is 0.417. The molecule has 0 aliphatic carbocycles. The van der Waals surface area contributed by atoms with Crippen molar-refractivity contribution in [1.82, 2.24) is 4.90 Å². The van der Waals surface area contributed by atoms with Gasteiger partial charge in [-0.1, -0.05) is 28.1 Å². The Bertz CT molecular complexity index is 319. The monoisotopic (exact) mass is 269 g/mol. The minimum atomic E-state index is 0.226. The van der Waals surface area contributed by atoms with Crippen LogP contribution in [0, 0.1) is 0 Å². The van der Waals surface area contributed by atoms with Crippen LogP contribution in [0.5, 0.6) is 0 Å². The highest BCUT2D eigenvalue weighted by Gasteiger charge is 2.05. The van der Waals surface area contributed by atoms with E-state index in [0.717, 1.165) is 23.0 Å². The smallest absolute Gasteiger partial charge is 0.162 e. The van der Waals surface area contributed by atoms with Gasteiger partial charge in [-0.15, -0.1) is 0 Å². The number of carbonyl (C=O) groups excluding carboxylic acids is 1. The van der Waals surface area contributed by atoms with Gasteiger partial charge in [0.15, 0.2) is 5.78 Å². The van der Waals surface area contributed by atoms with Crippen molar-refractivity contribution in [3.8, 4) is 0 Å². The molecule has 15 heavy (non-hydrogen) atoms. The van der Waals surface area contributed by atoms with E-state index < -0.39 is 0 Å². The van der Waals surface area contributed by atoms with Crippen LogP contribution in [0.15, 0.2) is 28.7 Å². The summed E-state index contributed by atoms with van der Waals surface area (Å²) in [6.45, 7) is 0.961. The lowest BCUT2D eigenvalue weighted by atomic mass is 10.1. The highest BCUT2D eigenvalue weighted by Crippen LogP contribution is 2.12. The predicted octanol–water partition coefficient (Wildman–Crippen LogP) is 2.97. The molecule has 0 bridgehead atoms. The molecule has 0 amide bonds. The molecule has 0 unspecified atom stereocenters. The second kappa shape index (κ2) is 6.03. The third kappa shape index (κ3) is 4.58. The molecule has 0 saturated carbocycles. The van der Waals surface area contributed by atoms with E-state index in [1.54, 1.807) is 0 Å². The second-order valence-corrected chi connectivity index (χ2v) is 4.75. The second-order valence-electron chi connectivity index (χ2n) is 3.84. The van der Waals surface area contributed by atoms with Crippen LogP contribution in [-0.2, 0) is 0 Å². The van der Waals surface area contributed by atoms with Gasteiger partial charge in [-0.2, -0.15) is 0 Å². The zero-order valence-corrected chi connectivity index (χ0v) is 10.8. The summed E-state index contributed by atoms with van der Waals surface area (Å²) in [5.41, 5.74) is 0.803. The number of hydrogen-bond donors (Lipinski definition) is 0. The average Bonchev–Trinajstić information content (AvgIpc) is 2.18. The Balaban J connectivity index is 2.43. The quantitative estimate of drug-likeness (QED) is 0.767. The molecule has 1 aromatic carbocycles. The minimum Gasteiger partial charge on any atom is -0.309 e. The van der Waals surface area contributed by atoms with Crippen LogP contribution in [0.3, 0.4) is 0 Å². The Morgan fingerprint density at radius 3 is 2.40 bits per heavy atom. The number of hydrogen-bond acceptors (Lipinski definition) is 2. The summed E-state index contributed by atoms with van der Waals surface area (Å²) in [4.78, 5) is 13.8. The molecule has 0 fully saturated rings. The maximum Gasteiger partial charge on any atom is 0.162 e. The van der Waals surface area contributed by atoms with Gasteiger partial charge in [-0.25, -0.2) is 0 Å². The first-order valence-electron chi connectivity index (χ1n) is 5.03. The maximum atomic E-state index is 11.7. The van der Waals surface area contributed by atoms with Crippen molar-refractivity contribution in [1.29, 1.82) is 0 Å². The van der Waals surface area contributed by atoms with Gasteiger partial charge < -0.3 is 4.90 Å². The van der Waals surface area contributed by atoms with Crippen LogP contribution in [0.25, 0.3) is 0 Å². The molecule has 0 aliphatic rings. The van der Waals surface area contributed by atoms with Gasteiger partial charge in [0, 0.05) is 16.5 Å². The highest BCUT2D eigenvalue weighted by atomic mass is 79.9. The highest BCUT2D eigenvalue weighted by molar-refractivity contribution is 9.10. The normalized spacial score (nSPS) is 10.7. The standard InChI is InChI=1S/C12H16BrNO/c1-14(2)9-3-4-12(15)10-5-7-11(13)8-6-10/h5-8H,3-4,9H2,1-2H3. The first kappa shape index (κ1) is 12.4. The van der Waals surface area contributed by atoms with Crippen LogP contribution >= 0.6 is 15.9 Å². The summed E-state index contributed by atoms with van der Waals surface area (Å²) >= 11 is 3.35. The molecular formula is C12H16BrNO. The first-order chi connectivity index (χ1) is 7.09. The lowest BCUT2D eigenvalue weighted by Crippen LogP contribution is -2.14. The maximum absolute atomic E-state index is 11.7. The molecular weight excluding hydrogens is 254 g/mol. The van der Waals surface area contributed by atoms with E-state index >= 15 is 0 Å².